The van der Waals surface area contributed by atoms with Gasteiger partial charge in [0, 0.05) is 13.1 Å². The van der Waals surface area contributed by atoms with E-state index in [0.717, 1.165) is 0 Å². The van der Waals surface area contributed by atoms with Crippen molar-refractivity contribution < 1.29 is 19.2 Å². The van der Waals surface area contributed by atoms with Crippen LogP contribution in [0.25, 0.3) is 22.7 Å². The third-order valence-corrected chi connectivity index (χ3v) is 3.82. The van der Waals surface area contributed by atoms with E-state index in [1.807, 2.05) is 13.8 Å². The number of aromatic amines is 1. The monoisotopic (exact) mass is 377 g/mol. The lowest BCUT2D eigenvalue weighted by Gasteiger charge is -2.09. The second-order valence-electron chi connectivity index (χ2n) is 5.89. The van der Waals surface area contributed by atoms with Gasteiger partial charge < -0.3 is 19.4 Å². The topological polar surface area (TPSA) is 145 Å². The number of nitrogens with one attached hydrogen (secondary N) is 1. The Balaban J connectivity index is 2.10. The highest BCUT2D eigenvalue weighted by molar-refractivity contribution is 5.74. The summed E-state index contributed by atoms with van der Waals surface area (Å²) in [7, 11) is 0. The number of aryl methyl sites for hydroxylation is 1. The van der Waals surface area contributed by atoms with Crippen LogP contribution < -0.4 is 16.0 Å². The van der Waals surface area contributed by atoms with Crippen LogP contribution >= 0.6 is 0 Å². The number of hydrogen-bond acceptors (Lipinski definition) is 7. The molecule has 3 aromatic rings. The van der Waals surface area contributed by atoms with Gasteiger partial charge in [-0.2, -0.15) is 0 Å². The predicted octanol–water partition coefficient (Wildman–Crippen LogP) is 0.825. The summed E-state index contributed by atoms with van der Waals surface area (Å²) < 4.78 is 12.7. The van der Waals surface area contributed by atoms with Gasteiger partial charge in [0.2, 0.25) is 5.76 Å². The fourth-order valence-electron chi connectivity index (χ4n) is 2.70. The number of H-pyrrole nitrogens is 1. The van der Waals surface area contributed by atoms with Crippen LogP contribution in [0.3, 0.4) is 0 Å². The van der Waals surface area contributed by atoms with E-state index in [1.54, 1.807) is 0 Å². The summed E-state index contributed by atoms with van der Waals surface area (Å²) in [4.78, 5) is 43.1. The Bertz CT molecular complexity index is 1090. The fraction of sp³-hybridized carbons (Fsp3) is 0.438. The van der Waals surface area contributed by atoms with Crippen molar-refractivity contribution in [2.45, 2.75) is 39.8 Å². The molecule has 3 heterocycles. The Labute approximate surface area is 152 Å². The van der Waals surface area contributed by atoms with Gasteiger partial charge in [0.1, 0.15) is 0 Å². The highest BCUT2D eigenvalue weighted by atomic mass is 16.5. The molecular weight excluding hydrogens is 358 g/mol. The maximum atomic E-state index is 12.7. The van der Waals surface area contributed by atoms with Gasteiger partial charge in [-0.15, -0.1) is 0 Å². The summed E-state index contributed by atoms with van der Waals surface area (Å²) in [6.07, 6.45) is 1.33. The van der Waals surface area contributed by atoms with E-state index in [4.69, 9.17) is 14.4 Å². The van der Waals surface area contributed by atoms with Gasteiger partial charge in [-0.3, -0.25) is 13.9 Å². The molecule has 0 radical (unpaired) electrons. The predicted molar refractivity (Wildman–Crippen MR) is 93.8 cm³/mol. The highest BCUT2D eigenvalue weighted by Gasteiger charge is 2.19. The minimum Gasteiger partial charge on any atom is -0.479 e. The molecule has 0 saturated carbocycles. The molecule has 0 aliphatic rings. The third-order valence-electron chi connectivity index (χ3n) is 3.82. The third kappa shape index (κ3) is 3.48. The molecule has 27 heavy (non-hydrogen) atoms. The zero-order valence-corrected chi connectivity index (χ0v) is 14.9. The molecule has 0 bridgehead atoms. The van der Waals surface area contributed by atoms with Gasteiger partial charge in [-0.05, 0) is 18.0 Å². The maximum absolute atomic E-state index is 12.7. The first-order valence-corrected chi connectivity index (χ1v) is 8.51. The summed E-state index contributed by atoms with van der Waals surface area (Å²) in [5.41, 5.74) is -0.434. The lowest BCUT2D eigenvalue weighted by atomic mass is 10.4. The number of aromatic nitrogens is 5. The van der Waals surface area contributed by atoms with E-state index in [9.17, 15) is 14.4 Å². The SMILES string of the molecule is CCCn1c(=O)c2[nH]c(-c3cc(OCC(=O)O)no3)nc2n(CCC)c1=O. The summed E-state index contributed by atoms with van der Waals surface area (Å²) >= 11 is 0. The molecule has 3 rings (SSSR count). The van der Waals surface area contributed by atoms with E-state index in [1.165, 1.54) is 15.2 Å². The quantitative estimate of drug-likeness (QED) is 0.587. The minimum atomic E-state index is -1.15. The Hall–Kier alpha value is -3.37. The summed E-state index contributed by atoms with van der Waals surface area (Å²) in [6.45, 7) is 3.95. The zero-order valence-electron chi connectivity index (χ0n) is 14.9. The number of hydrogen-bond donors (Lipinski definition) is 2. The lowest BCUT2D eigenvalue weighted by molar-refractivity contribution is -0.139. The van der Waals surface area contributed by atoms with Crippen LogP contribution in [0.1, 0.15) is 26.7 Å². The molecule has 0 atom stereocenters. The second kappa shape index (κ2) is 7.48. The van der Waals surface area contributed by atoms with Crippen LogP contribution in [-0.4, -0.2) is 41.9 Å². The minimum absolute atomic E-state index is 0.0257. The van der Waals surface area contributed by atoms with E-state index in [-0.39, 0.29) is 28.6 Å². The molecule has 11 nitrogen and oxygen atoms in total. The van der Waals surface area contributed by atoms with Gasteiger partial charge in [0.15, 0.2) is 23.6 Å². The molecule has 0 amide bonds. The average molecular weight is 377 g/mol. The Morgan fingerprint density at radius 1 is 1.26 bits per heavy atom. The number of imidazole rings is 1. The number of rotatable bonds is 8. The first-order chi connectivity index (χ1) is 13.0. The summed E-state index contributed by atoms with van der Waals surface area (Å²) in [5, 5.41) is 12.2. The number of ether oxygens (including phenoxy) is 1. The van der Waals surface area contributed by atoms with E-state index in [2.05, 4.69) is 15.1 Å². The van der Waals surface area contributed by atoms with Crippen LogP contribution in [0.2, 0.25) is 0 Å². The van der Waals surface area contributed by atoms with E-state index >= 15 is 0 Å². The second-order valence-corrected chi connectivity index (χ2v) is 5.89. The van der Waals surface area contributed by atoms with Crippen molar-refractivity contribution in [3.63, 3.8) is 0 Å². The molecule has 0 aromatic carbocycles. The molecule has 0 aliphatic heterocycles. The van der Waals surface area contributed by atoms with Gasteiger partial charge in [0.25, 0.3) is 11.4 Å². The maximum Gasteiger partial charge on any atom is 0.341 e. The molecule has 144 valence electrons. The van der Waals surface area contributed by atoms with Crippen molar-refractivity contribution in [2.75, 3.05) is 6.61 Å². The molecule has 3 aromatic heterocycles. The first-order valence-electron chi connectivity index (χ1n) is 8.51. The molecule has 0 aliphatic carbocycles. The molecule has 11 heteroatoms. The van der Waals surface area contributed by atoms with E-state index in [0.29, 0.717) is 25.9 Å². The van der Waals surface area contributed by atoms with Crippen molar-refractivity contribution in [1.82, 2.24) is 24.3 Å². The van der Waals surface area contributed by atoms with Crippen LogP contribution in [-0.2, 0) is 17.9 Å². The lowest BCUT2D eigenvalue weighted by Crippen LogP contribution is -2.40. The summed E-state index contributed by atoms with van der Waals surface area (Å²) in [6, 6.07) is 1.35. The largest absolute Gasteiger partial charge is 0.479 e. The number of carboxylic acids is 1. The standard InChI is InChI=1S/C16H19N5O6/c1-3-5-20-14-12(15(24)21(6-4-2)16(20)25)17-13(18-14)9-7-10(19-27-9)26-8-11(22)23/h7H,3-6,8H2,1-2H3,(H,17,18)(H,22,23). The van der Waals surface area contributed by atoms with Gasteiger partial charge in [-0.1, -0.05) is 13.8 Å². The average Bonchev–Trinajstić information content (AvgIpc) is 3.27. The molecule has 0 fully saturated rings. The van der Waals surface area contributed by atoms with E-state index < -0.39 is 23.8 Å². The van der Waals surface area contributed by atoms with Crippen molar-refractivity contribution >= 4 is 17.1 Å². The molecule has 0 spiro atoms. The smallest absolute Gasteiger partial charge is 0.341 e. The Morgan fingerprint density at radius 3 is 2.63 bits per heavy atom. The number of fused-ring (bicyclic) bond motifs is 1. The van der Waals surface area contributed by atoms with Crippen molar-refractivity contribution in [3.8, 4) is 17.5 Å². The fourth-order valence-corrected chi connectivity index (χ4v) is 2.70. The van der Waals surface area contributed by atoms with Gasteiger partial charge >= 0.3 is 11.7 Å². The van der Waals surface area contributed by atoms with Crippen LogP contribution in [0.15, 0.2) is 20.2 Å². The number of carbonyl (C=O) groups is 1. The number of aliphatic carboxylic acids is 1. The van der Waals surface area contributed by atoms with Crippen molar-refractivity contribution in [3.05, 3.63) is 26.9 Å². The van der Waals surface area contributed by atoms with Crippen molar-refractivity contribution in [2.24, 2.45) is 0 Å². The highest BCUT2D eigenvalue weighted by Crippen LogP contribution is 2.22. The number of carboxylic acid groups (broad SMARTS) is 1. The molecular formula is C16H19N5O6. The van der Waals surface area contributed by atoms with Crippen LogP contribution in [0.4, 0.5) is 0 Å². The molecule has 0 unspecified atom stereocenters. The number of nitrogens with zero attached hydrogens (tertiary/aromatic N) is 4. The summed E-state index contributed by atoms with van der Waals surface area (Å²) in [5.74, 6) is -0.827. The van der Waals surface area contributed by atoms with Crippen LogP contribution in [0.5, 0.6) is 5.88 Å². The van der Waals surface area contributed by atoms with Gasteiger partial charge in [-0.25, -0.2) is 14.6 Å². The first kappa shape index (κ1) is 18.4. The zero-order chi connectivity index (χ0) is 19.6. The Morgan fingerprint density at radius 2 is 1.96 bits per heavy atom. The van der Waals surface area contributed by atoms with Crippen molar-refractivity contribution in [1.29, 1.82) is 0 Å². The normalized spacial score (nSPS) is 11.2. The molecule has 2 N–H and O–H groups in total. The molecule has 0 saturated heterocycles. The van der Waals surface area contributed by atoms with Gasteiger partial charge in [0.05, 0.1) is 6.07 Å². The Kier molecular flexibility index (Phi) is 5.10. The van der Waals surface area contributed by atoms with Crippen LogP contribution in [0, 0.1) is 0 Å².